The zero-order valence-electron chi connectivity index (χ0n) is 15.8. The van der Waals surface area contributed by atoms with Crippen molar-refractivity contribution >= 4 is 15.1 Å². The van der Waals surface area contributed by atoms with Gasteiger partial charge in [-0.05, 0) is 36.6 Å². The lowest BCUT2D eigenvalue weighted by Gasteiger charge is -2.23. The van der Waals surface area contributed by atoms with Gasteiger partial charge in [0.2, 0.25) is 0 Å². The molecule has 0 saturated carbocycles. The standard InChI is InChI=1S/C20H25O5Si/c1-6-18(26(24-4)25-5)14-9-7-8-10-15(14)19(21)16-11-13(2)12-17(23-3)20(16)22/h7-12,18,22H,6H2,1-5H3. The van der Waals surface area contributed by atoms with Crippen molar-refractivity contribution in [1.82, 2.24) is 0 Å². The van der Waals surface area contributed by atoms with Gasteiger partial charge in [0.25, 0.3) is 0 Å². The second-order valence-corrected chi connectivity index (χ2v) is 8.12. The number of ketones is 1. The fourth-order valence-electron chi connectivity index (χ4n) is 3.11. The highest BCUT2D eigenvalue weighted by atomic mass is 28.3. The quantitative estimate of drug-likeness (QED) is 0.564. The van der Waals surface area contributed by atoms with Crippen LogP contribution in [0.3, 0.4) is 0 Å². The maximum absolute atomic E-state index is 13.2. The van der Waals surface area contributed by atoms with E-state index in [1.807, 2.05) is 32.0 Å². The maximum Gasteiger partial charge on any atom is 0.392 e. The molecule has 0 heterocycles. The third kappa shape index (κ3) is 3.98. The number of aromatic hydroxyl groups is 1. The number of aryl methyl sites for hydroxylation is 1. The molecule has 1 radical (unpaired) electrons. The maximum atomic E-state index is 13.2. The van der Waals surface area contributed by atoms with Crippen LogP contribution in [-0.4, -0.2) is 41.5 Å². The average Bonchev–Trinajstić information content (AvgIpc) is 2.67. The molecule has 1 N–H and O–H groups in total. The van der Waals surface area contributed by atoms with E-state index in [4.69, 9.17) is 13.6 Å². The van der Waals surface area contributed by atoms with Gasteiger partial charge in [-0.25, -0.2) is 0 Å². The first-order valence-electron chi connectivity index (χ1n) is 8.44. The van der Waals surface area contributed by atoms with Crippen LogP contribution < -0.4 is 4.74 Å². The number of rotatable bonds is 8. The normalized spacial score (nSPS) is 12.2. The Kier molecular flexibility index (Phi) is 6.96. The van der Waals surface area contributed by atoms with Crippen molar-refractivity contribution < 1.29 is 23.5 Å². The molecule has 139 valence electrons. The molecule has 0 bridgehead atoms. The Balaban J connectivity index is 2.57. The van der Waals surface area contributed by atoms with Crippen LogP contribution in [0.25, 0.3) is 0 Å². The van der Waals surface area contributed by atoms with Crippen LogP contribution >= 0.6 is 0 Å². The number of hydrogen-bond acceptors (Lipinski definition) is 5. The van der Waals surface area contributed by atoms with Gasteiger partial charge in [-0.15, -0.1) is 0 Å². The predicted octanol–water partition coefficient (Wildman–Crippen LogP) is 3.75. The molecule has 0 aliphatic rings. The monoisotopic (exact) mass is 373 g/mol. The van der Waals surface area contributed by atoms with Crippen LogP contribution in [0.1, 0.15) is 45.9 Å². The fraction of sp³-hybridized carbons (Fsp3) is 0.350. The second kappa shape index (κ2) is 8.98. The Bertz CT molecular complexity index is 771. The van der Waals surface area contributed by atoms with Gasteiger partial charge in [0.1, 0.15) is 0 Å². The van der Waals surface area contributed by atoms with E-state index in [1.165, 1.54) is 7.11 Å². The molecule has 1 unspecified atom stereocenters. The van der Waals surface area contributed by atoms with Crippen LogP contribution in [0.2, 0.25) is 0 Å². The largest absolute Gasteiger partial charge is 0.504 e. The highest BCUT2D eigenvalue weighted by Gasteiger charge is 2.30. The van der Waals surface area contributed by atoms with Gasteiger partial charge < -0.3 is 18.7 Å². The van der Waals surface area contributed by atoms with Gasteiger partial charge >= 0.3 is 9.28 Å². The molecule has 0 aliphatic carbocycles. The molecule has 0 fully saturated rings. The number of phenolic OH excluding ortho intramolecular Hbond substituents is 1. The van der Waals surface area contributed by atoms with E-state index < -0.39 is 9.28 Å². The minimum atomic E-state index is -1.57. The number of hydrogen-bond donors (Lipinski definition) is 1. The molecular formula is C20H25O5Si. The van der Waals surface area contributed by atoms with Gasteiger partial charge in [0.15, 0.2) is 17.3 Å². The Hall–Kier alpha value is -2.15. The van der Waals surface area contributed by atoms with Crippen molar-refractivity contribution in [1.29, 1.82) is 0 Å². The smallest absolute Gasteiger partial charge is 0.392 e. The minimum Gasteiger partial charge on any atom is -0.504 e. The highest BCUT2D eigenvalue weighted by molar-refractivity contribution is 6.46. The molecule has 2 rings (SSSR count). The second-order valence-electron chi connectivity index (χ2n) is 5.97. The first-order valence-corrected chi connectivity index (χ1v) is 9.83. The number of carbonyl (C=O) groups is 1. The zero-order chi connectivity index (χ0) is 19.3. The summed E-state index contributed by atoms with van der Waals surface area (Å²) in [5.74, 6) is -0.0986. The highest BCUT2D eigenvalue weighted by Crippen LogP contribution is 2.35. The average molecular weight is 374 g/mol. The molecular weight excluding hydrogens is 348 g/mol. The molecule has 6 heteroatoms. The lowest BCUT2D eigenvalue weighted by atomic mass is 9.94. The van der Waals surface area contributed by atoms with Crippen molar-refractivity contribution in [3.05, 3.63) is 58.7 Å². The molecule has 2 aromatic rings. The van der Waals surface area contributed by atoms with Crippen molar-refractivity contribution in [2.75, 3.05) is 21.3 Å². The lowest BCUT2D eigenvalue weighted by Crippen LogP contribution is -2.29. The number of ether oxygens (including phenoxy) is 1. The van der Waals surface area contributed by atoms with Crippen LogP contribution in [-0.2, 0) is 8.85 Å². The van der Waals surface area contributed by atoms with Crippen LogP contribution in [0, 0.1) is 6.92 Å². The Morgan fingerprint density at radius 3 is 2.35 bits per heavy atom. The first kappa shape index (κ1) is 20.2. The Morgan fingerprint density at radius 2 is 1.77 bits per heavy atom. The van der Waals surface area contributed by atoms with E-state index in [9.17, 15) is 9.90 Å². The van der Waals surface area contributed by atoms with Gasteiger partial charge in [-0.2, -0.15) is 0 Å². The summed E-state index contributed by atoms with van der Waals surface area (Å²) in [4.78, 5) is 13.2. The van der Waals surface area contributed by atoms with Crippen molar-refractivity contribution in [2.24, 2.45) is 0 Å². The molecule has 0 aromatic heterocycles. The van der Waals surface area contributed by atoms with Gasteiger partial charge in [-0.1, -0.05) is 31.2 Å². The van der Waals surface area contributed by atoms with E-state index >= 15 is 0 Å². The molecule has 1 atom stereocenters. The third-order valence-electron chi connectivity index (χ3n) is 4.36. The number of phenols is 1. The summed E-state index contributed by atoms with van der Waals surface area (Å²) in [5.41, 5.74) is 2.47. The summed E-state index contributed by atoms with van der Waals surface area (Å²) in [7, 11) is 3.15. The SMILES string of the molecule is CCC(c1ccccc1C(=O)c1cc(C)cc(OC)c1O)[Si](OC)OC. The molecule has 0 aliphatic heterocycles. The summed E-state index contributed by atoms with van der Waals surface area (Å²) in [6.45, 7) is 3.90. The molecule has 0 saturated heterocycles. The lowest BCUT2D eigenvalue weighted by molar-refractivity contribution is 0.103. The molecule has 2 aromatic carbocycles. The van der Waals surface area contributed by atoms with E-state index in [0.717, 1.165) is 17.5 Å². The molecule has 0 spiro atoms. The first-order chi connectivity index (χ1) is 12.5. The summed E-state index contributed by atoms with van der Waals surface area (Å²) < 4.78 is 16.2. The van der Waals surface area contributed by atoms with Crippen molar-refractivity contribution in [3.8, 4) is 11.5 Å². The van der Waals surface area contributed by atoms with Gasteiger partial charge in [0.05, 0.1) is 12.7 Å². The Labute approximate surface area is 156 Å². The topological polar surface area (TPSA) is 65.0 Å². The zero-order valence-corrected chi connectivity index (χ0v) is 16.8. The summed E-state index contributed by atoms with van der Waals surface area (Å²) in [6.07, 6.45) is 0.781. The minimum absolute atomic E-state index is 0.0102. The third-order valence-corrected chi connectivity index (χ3v) is 6.45. The molecule has 0 amide bonds. The fourth-order valence-corrected chi connectivity index (χ4v) is 4.68. The van der Waals surface area contributed by atoms with E-state index in [2.05, 4.69) is 0 Å². The van der Waals surface area contributed by atoms with Crippen molar-refractivity contribution in [3.63, 3.8) is 0 Å². The van der Waals surface area contributed by atoms with Gasteiger partial charge in [0, 0.05) is 25.3 Å². The van der Waals surface area contributed by atoms with E-state index in [1.54, 1.807) is 32.4 Å². The van der Waals surface area contributed by atoms with Crippen LogP contribution in [0.5, 0.6) is 11.5 Å². The summed E-state index contributed by atoms with van der Waals surface area (Å²) >= 11 is 0. The van der Waals surface area contributed by atoms with Gasteiger partial charge in [-0.3, -0.25) is 4.79 Å². The van der Waals surface area contributed by atoms with Crippen LogP contribution in [0.15, 0.2) is 36.4 Å². The van der Waals surface area contributed by atoms with E-state index in [-0.39, 0.29) is 28.4 Å². The predicted molar refractivity (Wildman–Crippen MR) is 102 cm³/mol. The summed E-state index contributed by atoms with van der Waals surface area (Å²) in [6, 6.07) is 10.8. The number of carbonyl (C=O) groups excluding carboxylic acids is 1. The molecule has 5 nitrogen and oxygen atoms in total. The Morgan fingerprint density at radius 1 is 1.12 bits per heavy atom. The van der Waals surface area contributed by atoms with Crippen molar-refractivity contribution in [2.45, 2.75) is 25.8 Å². The summed E-state index contributed by atoms with van der Waals surface area (Å²) in [5, 5.41) is 10.4. The van der Waals surface area contributed by atoms with Crippen LogP contribution in [0.4, 0.5) is 0 Å². The number of methoxy groups -OCH3 is 1. The number of benzene rings is 2. The van der Waals surface area contributed by atoms with E-state index in [0.29, 0.717) is 5.56 Å². The molecule has 26 heavy (non-hydrogen) atoms.